The number of aromatic nitrogens is 4. The van der Waals surface area contributed by atoms with Gasteiger partial charge in [0.15, 0.2) is 22.2 Å². The summed E-state index contributed by atoms with van der Waals surface area (Å²) >= 11 is 0. The Morgan fingerprint density at radius 3 is 2.42 bits per heavy atom. The van der Waals surface area contributed by atoms with E-state index in [1.165, 1.54) is 0 Å². The van der Waals surface area contributed by atoms with E-state index < -0.39 is 34.3 Å². The molecule has 12 nitrogen and oxygen atoms in total. The molecular weight excluding hydrogens is 714 g/mol. The Labute approximate surface area is 305 Å². The zero-order valence-electron chi connectivity index (χ0n) is 30.2. The molecule has 3 fully saturated rings. The molecule has 0 bridgehead atoms. The van der Waals surface area contributed by atoms with Crippen molar-refractivity contribution in [1.29, 1.82) is 0 Å². The highest BCUT2D eigenvalue weighted by Crippen LogP contribution is 2.48. The summed E-state index contributed by atoms with van der Waals surface area (Å²) in [6, 6.07) is 5.44. The van der Waals surface area contributed by atoms with Crippen molar-refractivity contribution in [2.24, 2.45) is 5.41 Å². The van der Waals surface area contributed by atoms with Crippen LogP contribution in [0.3, 0.4) is 0 Å². The predicted octanol–water partition coefficient (Wildman–Crippen LogP) is 6.86. The van der Waals surface area contributed by atoms with Gasteiger partial charge in [0.05, 0.1) is 23.2 Å². The van der Waals surface area contributed by atoms with Crippen LogP contribution in [-0.4, -0.2) is 102 Å². The zero-order chi connectivity index (χ0) is 37.9. The number of nitrogens with one attached hydrogen (secondary N) is 1. The smallest absolute Gasteiger partial charge is 0.422 e. The lowest BCUT2D eigenvalue weighted by molar-refractivity contribution is -0.153. The van der Waals surface area contributed by atoms with Crippen LogP contribution < -0.4 is 14.4 Å². The maximum Gasteiger partial charge on any atom is 0.422 e. The van der Waals surface area contributed by atoms with Gasteiger partial charge < -0.3 is 24.0 Å². The molecule has 3 aliphatic rings. The number of anilines is 1. The van der Waals surface area contributed by atoms with Crippen LogP contribution in [0, 0.1) is 12.3 Å². The van der Waals surface area contributed by atoms with E-state index in [-0.39, 0.29) is 53.1 Å². The van der Waals surface area contributed by atoms with E-state index in [0.717, 1.165) is 18.4 Å². The Balaban J connectivity index is 1.33. The van der Waals surface area contributed by atoms with Crippen molar-refractivity contribution in [3.63, 3.8) is 0 Å². The van der Waals surface area contributed by atoms with Gasteiger partial charge in [0.25, 0.3) is 0 Å². The third-order valence-corrected chi connectivity index (χ3v) is 11.9. The van der Waals surface area contributed by atoms with E-state index in [9.17, 15) is 26.4 Å². The second-order valence-corrected chi connectivity index (χ2v) is 17.7. The highest BCUT2D eigenvalue weighted by Gasteiger charge is 2.48. The van der Waals surface area contributed by atoms with Crippen molar-refractivity contribution in [2.75, 3.05) is 49.2 Å². The average Bonchev–Trinajstić information content (AvgIpc) is 3.54. The number of halogens is 3. The summed E-state index contributed by atoms with van der Waals surface area (Å²) in [6.07, 6.45) is -0.369. The number of hydrogen-bond acceptors (Lipinski definition) is 10. The first-order chi connectivity index (χ1) is 24.9. The number of nitrogens with zero attached hydrogens (tertiary/aromatic N) is 5. The van der Waals surface area contributed by atoms with Gasteiger partial charge in [0, 0.05) is 47.9 Å². The summed E-state index contributed by atoms with van der Waals surface area (Å²) in [5.74, 6) is 0.254. The van der Waals surface area contributed by atoms with Gasteiger partial charge in [0.2, 0.25) is 0 Å². The van der Waals surface area contributed by atoms with Crippen molar-refractivity contribution in [3.05, 3.63) is 42.1 Å². The van der Waals surface area contributed by atoms with Crippen LogP contribution in [0.2, 0.25) is 0 Å². The molecule has 0 aliphatic carbocycles. The van der Waals surface area contributed by atoms with Gasteiger partial charge in [-0.3, -0.25) is 5.10 Å². The summed E-state index contributed by atoms with van der Waals surface area (Å²) in [5, 5.41) is 8.25. The number of alkyl halides is 3. The van der Waals surface area contributed by atoms with Gasteiger partial charge in [-0.25, -0.2) is 13.2 Å². The number of ether oxygens (including phenoxy) is 3. The molecule has 3 saturated heterocycles. The number of likely N-dealkylation sites (tertiary alicyclic amines) is 1. The molecule has 1 amide bonds. The van der Waals surface area contributed by atoms with Crippen molar-refractivity contribution in [2.45, 2.75) is 71.3 Å². The van der Waals surface area contributed by atoms with Crippen LogP contribution in [0.15, 0.2) is 31.0 Å². The quantitative estimate of drug-likeness (QED) is 0.213. The van der Waals surface area contributed by atoms with Crippen molar-refractivity contribution < 1.29 is 40.6 Å². The number of carbonyl (C=O) groups is 1. The second-order valence-electron chi connectivity index (χ2n) is 15.4. The number of aryl methyl sites for hydroxylation is 1. The molecule has 0 radical (unpaired) electrons. The molecule has 0 unspecified atom stereocenters. The molecule has 5 heterocycles. The summed E-state index contributed by atoms with van der Waals surface area (Å²) < 4.78 is 83.7. The van der Waals surface area contributed by atoms with Gasteiger partial charge in [-0.05, 0) is 82.2 Å². The van der Waals surface area contributed by atoms with Gasteiger partial charge >= 0.3 is 18.3 Å². The summed E-state index contributed by atoms with van der Waals surface area (Å²) in [6.45, 7) is 12.0. The molecule has 4 aromatic rings. The normalized spacial score (nSPS) is 19.0. The van der Waals surface area contributed by atoms with Crippen molar-refractivity contribution >= 4 is 49.6 Å². The first-order valence-corrected chi connectivity index (χ1v) is 19.5. The first-order valence-electron chi connectivity index (χ1n) is 17.7. The lowest BCUT2D eigenvalue weighted by Crippen LogP contribution is -2.62. The minimum Gasteiger partial charge on any atom is -0.481 e. The molecule has 2 aromatic heterocycles. The van der Waals surface area contributed by atoms with Crippen LogP contribution in [0.4, 0.5) is 23.8 Å². The lowest BCUT2D eigenvalue weighted by atomic mass is 9.72. The van der Waals surface area contributed by atoms with E-state index in [1.807, 2.05) is 45.9 Å². The highest BCUT2D eigenvalue weighted by atomic mass is 32.2. The van der Waals surface area contributed by atoms with Gasteiger partial charge in [-0.1, -0.05) is 18.7 Å². The van der Waals surface area contributed by atoms with E-state index in [4.69, 9.17) is 24.2 Å². The molecule has 1 spiro atoms. The third-order valence-electron chi connectivity index (χ3n) is 10.2. The number of rotatable bonds is 7. The molecular formula is C37H43F3N6O6S. The second kappa shape index (κ2) is 13.4. The Kier molecular flexibility index (Phi) is 9.26. The maximum atomic E-state index is 13.9. The Hall–Kier alpha value is -4.60. The number of sulfone groups is 1. The van der Waals surface area contributed by atoms with E-state index in [0.29, 0.717) is 65.0 Å². The molecule has 2 aromatic carbocycles. The van der Waals surface area contributed by atoms with Crippen LogP contribution in [0.1, 0.15) is 57.6 Å². The Bertz CT molecular complexity index is 2170. The fraction of sp³-hybridized carbons (Fsp3) is 0.514. The Morgan fingerprint density at radius 1 is 1.08 bits per heavy atom. The minimum atomic E-state index is -4.66. The molecule has 53 heavy (non-hydrogen) atoms. The van der Waals surface area contributed by atoms with Crippen molar-refractivity contribution in [3.8, 4) is 22.9 Å². The zero-order valence-corrected chi connectivity index (χ0v) is 31.0. The van der Waals surface area contributed by atoms with Crippen molar-refractivity contribution in [1.82, 2.24) is 25.1 Å². The number of carbonyl (C=O) groups excluding carboxylic acids is 1. The van der Waals surface area contributed by atoms with Gasteiger partial charge in [-0.15, -0.1) is 0 Å². The van der Waals surface area contributed by atoms with Gasteiger partial charge in [0.1, 0.15) is 23.0 Å². The molecule has 0 atom stereocenters. The molecule has 1 N–H and O–H groups in total. The monoisotopic (exact) mass is 756 g/mol. The largest absolute Gasteiger partial charge is 0.481 e. The number of fused-ring (bicyclic) bond motifs is 2. The number of H-pyrrole nitrogens is 1. The first kappa shape index (κ1) is 36.7. The molecule has 3 aliphatic heterocycles. The number of aromatic amines is 1. The number of benzene rings is 2. The van der Waals surface area contributed by atoms with Crippen LogP contribution in [0.25, 0.3) is 39.0 Å². The van der Waals surface area contributed by atoms with E-state index >= 15 is 0 Å². The van der Waals surface area contributed by atoms with E-state index in [1.54, 1.807) is 17.2 Å². The average molecular weight is 757 g/mol. The summed E-state index contributed by atoms with van der Waals surface area (Å²) in [5.41, 5.74) is 2.39. The fourth-order valence-electron chi connectivity index (χ4n) is 7.55. The number of hydrogen-bond donors (Lipinski definition) is 1. The van der Waals surface area contributed by atoms with Crippen LogP contribution in [0.5, 0.6) is 11.8 Å². The summed E-state index contributed by atoms with van der Waals surface area (Å²) in [7, 11) is -3.19. The van der Waals surface area contributed by atoms with Crippen LogP contribution >= 0.6 is 0 Å². The maximum absolute atomic E-state index is 13.9. The molecule has 284 valence electrons. The molecule has 7 rings (SSSR count). The SMILES string of the molecule is C=Cc1cc2c(N3CCC4(CC3)CN(C(=O)OC(C)(C)C)C4)nc(OC3CCS(=O)(=O)CC3)nc2c(OCC(F)(F)F)c1-c1c(C)ccc2[nH]ncc12. The standard InChI is InChI=1S/C37H43F3N6O6S/c1-6-23-17-25-30(31(50-21-37(38,39)40)29(23)28-22(2)7-8-27-26(28)18-41-44-27)42-33(51-24-9-15-53(48,49)16-10-24)43-32(25)45-13-11-36(12-14-45)19-46(20-36)34(47)52-35(3,4)5/h6-8,17-18,24H,1,9-16,19-21H2,2-5H3,(H,41,44). The molecule has 16 heteroatoms. The molecule has 0 saturated carbocycles. The third kappa shape index (κ3) is 7.60. The lowest BCUT2D eigenvalue weighted by Gasteiger charge is -2.53. The highest BCUT2D eigenvalue weighted by molar-refractivity contribution is 7.91. The van der Waals surface area contributed by atoms with Crippen LogP contribution in [-0.2, 0) is 14.6 Å². The topological polar surface area (TPSA) is 140 Å². The van der Waals surface area contributed by atoms with Gasteiger partial charge in [-0.2, -0.15) is 28.2 Å². The summed E-state index contributed by atoms with van der Waals surface area (Å²) in [4.78, 5) is 26.0. The number of amides is 1. The van der Waals surface area contributed by atoms with E-state index in [2.05, 4.69) is 21.7 Å². The Morgan fingerprint density at radius 2 is 1.77 bits per heavy atom. The number of piperidine rings is 1. The minimum absolute atomic E-state index is 0.0482. The predicted molar refractivity (Wildman–Crippen MR) is 195 cm³/mol. The fourth-order valence-corrected chi connectivity index (χ4v) is 9.00.